The minimum atomic E-state index is -5.23. The largest absolute Gasteiger partial charge is 0.428 e. The van der Waals surface area contributed by atoms with E-state index in [9.17, 15) is 27.2 Å². The second-order valence-corrected chi connectivity index (χ2v) is 6.15. The van der Waals surface area contributed by atoms with Crippen LogP contribution in [0.1, 0.15) is 18.5 Å². The number of carbonyl (C=O) groups excluding carboxylic acids is 2. The lowest BCUT2D eigenvalue weighted by molar-refractivity contribution is -0.194. The first kappa shape index (κ1) is 19.2. The second-order valence-electron chi connectivity index (χ2n) is 6.15. The summed E-state index contributed by atoms with van der Waals surface area (Å²) in [5, 5.41) is 0. The van der Waals surface area contributed by atoms with E-state index in [1.807, 2.05) is 0 Å². The molecule has 1 aromatic rings. The summed E-state index contributed by atoms with van der Waals surface area (Å²) in [6.07, 6.45) is -4.70. The van der Waals surface area contributed by atoms with Gasteiger partial charge >= 0.3 is 6.18 Å². The van der Waals surface area contributed by atoms with Crippen molar-refractivity contribution < 1.29 is 27.2 Å². The van der Waals surface area contributed by atoms with E-state index in [0.717, 1.165) is 17.6 Å². The van der Waals surface area contributed by atoms with Crippen LogP contribution in [0.4, 0.5) is 17.6 Å². The molecule has 1 aromatic heterocycles. The predicted molar refractivity (Wildman–Crippen MR) is 80.3 cm³/mol. The molecule has 140 valence electrons. The molecule has 10 heteroatoms. The van der Waals surface area contributed by atoms with E-state index in [2.05, 4.69) is 4.98 Å². The normalized spacial score (nSPS) is 19.6. The smallest absolute Gasteiger partial charge is 0.339 e. The van der Waals surface area contributed by atoms with Crippen LogP contribution >= 0.6 is 0 Å². The summed E-state index contributed by atoms with van der Waals surface area (Å²) in [4.78, 5) is 30.2. The zero-order valence-corrected chi connectivity index (χ0v) is 14.0. The highest BCUT2D eigenvalue weighted by molar-refractivity contribution is 5.82. The van der Waals surface area contributed by atoms with E-state index in [0.29, 0.717) is 19.4 Å². The van der Waals surface area contributed by atoms with Crippen molar-refractivity contribution in [2.45, 2.75) is 44.7 Å². The van der Waals surface area contributed by atoms with Gasteiger partial charge in [-0.1, -0.05) is 0 Å². The average Bonchev–Trinajstić information content (AvgIpc) is 2.97. The van der Waals surface area contributed by atoms with Crippen molar-refractivity contribution in [3.63, 3.8) is 0 Å². The molecule has 2 rings (SSSR count). The molecule has 25 heavy (non-hydrogen) atoms. The number of piperidine rings is 1. The Bertz CT molecular complexity index is 631. The highest BCUT2D eigenvalue weighted by atomic mass is 19.4. The fourth-order valence-electron chi connectivity index (χ4n) is 2.79. The number of hydrogen-bond acceptors (Lipinski definition) is 3. The van der Waals surface area contributed by atoms with Gasteiger partial charge in [0, 0.05) is 38.1 Å². The van der Waals surface area contributed by atoms with Crippen LogP contribution in [0, 0.1) is 6.92 Å². The van der Waals surface area contributed by atoms with Crippen molar-refractivity contribution in [1.29, 1.82) is 0 Å². The molecule has 1 fully saturated rings. The van der Waals surface area contributed by atoms with Crippen LogP contribution in [-0.4, -0.2) is 69.7 Å². The highest BCUT2D eigenvalue weighted by Gasteiger charge is 2.48. The van der Waals surface area contributed by atoms with Crippen LogP contribution in [0.5, 0.6) is 0 Å². The number of imidazole rings is 1. The number of alkyl halides is 4. The van der Waals surface area contributed by atoms with Gasteiger partial charge in [0.15, 0.2) is 0 Å². The third kappa shape index (κ3) is 4.49. The zero-order valence-electron chi connectivity index (χ0n) is 14.0. The predicted octanol–water partition coefficient (Wildman–Crippen LogP) is 1.54. The number of carbonyl (C=O) groups is 2. The summed E-state index contributed by atoms with van der Waals surface area (Å²) >= 11 is 0. The standard InChI is InChI=1S/C15H20F4N4O2/c1-10-6-20-9-23(10)8-12(24)22-5-3-4-11(7-22)21(2)14(25)13(16)15(17,18)19/h6,9,11,13H,3-5,7-8H2,1-2H3. The van der Waals surface area contributed by atoms with Crippen molar-refractivity contribution in [2.75, 3.05) is 20.1 Å². The molecule has 0 aliphatic carbocycles. The van der Waals surface area contributed by atoms with Crippen LogP contribution in [-0.2, 0) is 16.1 Å². The minimum absolute atomic E-state index is 0.0600. The molecule has 2 unspecified atom stereocenters. The third-order valence-corrected chi connectivity index (χ3v) is 4.37. The van der Waals surface area contributed by atoms with Gasteiger partial charge in [-0.3, -0.25) is 9.59 Å². The number of aryl methyl sites for hydroxylation is 1. The molecule has 6 nitrogen and oxygen atoms in total. The Morgan fingerprint density at radius 2 is 2.12 bits per heavy atom. The van der Waals surface area contributed by atoms with Gasteiger partial charge in [0.1, 0.15) is 6.54 Å². The first-order chi connectivity index (χ1) is 11.6. The third-order valence-electron chi connectivity index (χ3n) is 4.37. The fourth-order valence-corrected chi connectivity index (χ4v) is 2.79. The summed E-state index contributed by atoms with van der Waals surface area (Å²) in [5.74, 6) is -1.85. The van der Waals surface area contributed by atoms with Crippen molar-refractivity contribution in [3.8, 4) is 0 Å². The molecule has 1 saturated heterocycles. The number of likely N-dealkylation sites (tertiary alicyclic amines) is 1. The highest BCUT2D eigenvalue weighted by Crippen LogP contribution is 2.26. The summed E-state index contributed by atoms with van der Waals surface area (Å²) in [5.41, 5.74) is 0.805. The van der Waals surface area contributed by atoms with E-state index >= 15 is 0 Å². The molecule has 1 aliphatic rings. The number of amides is 2. The van der Waals surface area contributed by atoms with Crippen LogP contribution in [0.25, 0.3) is 0 Å². The van der Waals surface area contributed by atoms with Crippen molar-refractivity contribution in [1.82, 2.24) is 19.4 Å². The van der Waals surface area contributed by atoms with E-state index in [1.54, 1.807) is 17.7 Å². The maximum absolute atomic E-state index is 13.3. The van der Waals surface area contributed by atoms with E-state index < -0.39 is 24.3 Å². The van der Waals surface area contributed by atoms with E-state index in [1.165, 1.54) is 11.2 Å². The Kier molecular flexibility index (Phi) is 5.69. The van der Waals surface area contributed by atoms with E-state index in [-0.39, 0.29) is 19.0 Å². The monoisotopic (exact) mass is 364 g/mol. The van der Waals surface area contributed by atoms with Crippen molar-refractivity contribution in [2.24, 2.45) is 0 Å². The topological polar surface area (TPSA) is 58.4 Å². The van der Waals surface area contributed by atoms with E-state index in [4.69, 9.17) is 0 Å². The lowest BCUT2D eigenvalue weighted by Gasteiger charge is -2.38. The molecular formula is C15H20F4N4O2. The summed E-state index contributed by atoms with van der Waals surface area (Å²) in [7, 11) is 1.14. The molecule has 2 amide bonds. The molecule has 0 saturated carbocycles. The number of hydrogen-bond donors (Lipinski definition) is 0. The summed E-state index contributed by atoms with van der Waals surface area (Å²) in [6, 6.07) is -0.644. The average molecular weight is 364 g/mol. The molecule has 0 bridgehead atoms. The maximum atomic E-state index is 13.3. The number of aromatic nitrogens is 2. The van der Waals surface area contributed by atoms with Gasteiger partial charge in [-0.25, -0.2) is 9.37 Å². The maximum Gasteiger partial charge on any atom is 0.428 e. The van der Waals surface area contributed by atoms with Gasteiger partial charge in [-0.2, -0.15) is 13.2 Å². The molecule has 0 N–H and O–H groups in total. The molecule has 0 spiro atoms. The van der Waals surface area contributed by atoms with Crippen LogP contribution < -0.4 is 0 Å². The van der Waals surface area contributed by atoms with Gasteiger partial charge in [0.25, 0.3) is 12.1 Å². The number of likely N-dealkylation sites (N-methyl/N-ethyl adjacent to an activating group) is 1. The zero-order chi connectivity index (χ0) is 18.8. The SMILES string of the molecule is Cc1cncn1CC(=O)N1CCCC(N(C)C(=O)C(F)C(F)(F)F)C1. The van der Waals surface area contributed by atoms with Gasteiger partial charge in [0.05, 0.1) is 6.33 Å². The van der Waals surface area contributed by atoms with Crippen molar-refractivity contribution >= 4 is 11.8 Å². The second kappa shape index (κ2) is 7.40. The summed E-state index contributed by atoms with van der Waals surface area (Å²) < 4.78 is 52.1. The molecule has 0 aromatic carbocycles. The van der Waals surface area contributed by atoms with Crippen LogP contribution in [0.15, 0.2) is 12.5 Å². The van der Waals surface area contributed by atoms with Gasteiger partial charge in [0.2, 0.25) is 5.91 Å². The first-order valence-electron chi connectivity index (χ1n) is 7.83. The first-order valence-corrected chi connectivity index (χ1v) is 7.83. The lowest BCUT2D eigenvalue weighted by atomic mass is 10.0. The minimum Gasteiger partial charge on any atom is -0.339 e. The number of nitrogens with zero attached hydrogens (tertiary/aromatic N) is 4. The summed E-state index contributed by atoms with van der Waals surface area (Å²) in [6.45, 7) is 2.39. The Hall–Kier alpha value is -2.13. The Balaban J connectivity index is 1.99. The Labute approximate surface area is 142 Å². The van der Waals surface area contributed by atoms with Gasteiger partial charge in [-0.15, -0.1) is 0 Å². The molecule has 1 aliphatic heterocycles. The molecule has 0 radical (unpaired) electrons. The number of halogens is 4. The molecule has 2 atom stereocenters. The molecular weight excluding hydrogens is 344 g/mol. The van der Waals surface area contributed by atoms with Crippen molar-refractivity contribution in [3.05, 3.63) is 18.2 Å². The Morgan fingerprint density at radius 3 is 2.68 bits per heavy atom. The van der Waals surface area contributed by atoms with Crippen LogP contribution in [0.2, 0.25) is 0 Å². The Morgan fingerprint density at radius 1 is 1.44 bits per heavy atom. The van der Waals surface area contributed by atoms with Gasteiger partial charge < -0.3 is 14.4 Å². The lowest BCUT2D eigenvalue weighted by Crippen LogP contribution is -2.54. The van der Waals surface area contributed by atoms with Gasteiger partial charge in [-0.05, 0) is 19.8 Å². The molecule has 2 heterocycles. The number of rotatable bonds is 4. The quantitative estimate of drug-likeness (QED) is 0.762. The fraction of sp³-hybridized carbons (Fsp3) is 0.667. The van der Waals surface area contributed by atoms with Crippen LogP contribution in [0.3, 0.4) is 0 Å².